The third-order valence-electron chi connectivity index (χ3n) is 4.49. The van der Waals surface area contributed by atoms with E-state index < -0.39 is 0 Å². The summed E-state index contributed by atoms with van der Waals surface area (Å²) in [4.78, 5) is 0. The van der Waals surface area contributed by atoms with E-state index in [2.05, 4.69) is 86.3 Å². The quantitative estimate of drug-likeness (QED) is 0.589. The van der Waals surface area contributed by atoms with Crippen LogP contribution in [-0.4, -0.2) is 18.2 Å². The van der Waals surface area contributed by atoms with E-state index in [1.165, 1.54) is 16.7 Å². The van der Waals surface area contributed by atoms with Crippen molar-refractivity contribution in [3.8, 4) is 11.1 Å². The Kier molecular flexibility index (Phi) is 5.15. The Morgan fingerprint density at radius 2 is 1.55 bits per heavy atom. The second-order valence-corrected chi connectivity index (χ2v) is 8.30. The van der Waals surface area contributed by atoms with E-state index in [9.17, 15) is 0 Å². The van der Waals surface area contributed by atoms with Crippen molar-refractivity contribution in [2.45, 2.75) is 45.4 Å². The van der Waals surface area contributed by atoms with Crippen molar-refractivity contribution in [2.75, 3.05) is 0 Å². The standard InChI is InChI=1S/C19H25BOP/c1-14-16(15-10-7-6-8-11-15)12-9-13-17(14)20-21-18(2,3)19(4,5)22/h6-13H,22H2,1-5H3. The molecule has 0 bridgehead atoms. The highest BCUT2D eigenvalue weighted by Gasteiger charge is 2.33. The molecule has 1 nitrogen and oxygen atoms in total. The Balaban J connectivity index is 2.24. The molecule has 0 saturated carbocycles. The fraction of sp³-hybridized carbons (Fsp3) is 0.368. The van der Waals surface area contributed by atoms with Gasteiger partial charge in [-0.1, -0.05) is 62.4 Å². The molecule has 1 unspecified atom stereocenters. The maximum Gasteiger partial charge on any atom is 0.331 e. The summed E-state index contributed by atoms with van der Waals surface area (Å²) in [5.41, 5.74) is 4.60. The van der Waals surface area contributed by atoms with E-state index in [4.69, 9.17) is 4.65 Å². The van der Waals surface area contributed by atoms with Crippen molar-refractivity contribution in [1.29, 1.82) is 0 Å². The summed E-state index contributed by atoms with van der Waals surface area (Å²) >= 11 is 0. The smallest absolute Gasteiger partial charge is 0.331 e. The number of rotatable bonds is 5. The molecule has 2 aromatic rings. The Hall–Kier alpha value is -1.11. The van der Waals surface area contributed by atoms with Gasteiger partial charge in [0.15, 0.2) is 0 Å². The Labute approximate surface area is 138 Å². The molecule has 22 heavy (non-hydrogen) atoms. The van der Waals surface area contributed by atoms with Gasteiger partial charge in [0.1, 0.15) is 0 Å². The molecule has 2 aromatic carbocycles. The largest absolute Gasteiger partial charge is 0.429 e. The summed E-state index contributed by atoms with van der Waals surface area (Å²) in [6.07, 6.45) is 0. The molecule has 0 aromatic heterocycles. The van der Waals surface area contributed by atoms with E-state index in [1.807, 2.05) is 13.5 Å². The summed E-state index contributed by atoms with van der Waals surface area (Å²) in [6.45, 7) is 10.7. The molecule has 0 aliphatic carbocycles. The molecule has 0 amide bonds. The van der Waals surface area contributed by atoms with Gasteiger partial charge in [0.2, 0.25) is 0 Å². The highest BCUT2D eigenvalue weighted by molar-refractivity contribution is 7.19. The minimum Gasteiger partial charge on any atom is -0.429 e. The number of hydrogen-bond acceptors (Lipinski definition) is 1. The van der Waals surface area contributed by atoms with Gasteiger partial charge in [0, 0.05) is 5.16 Å². The van der Waals surface area contributed by atoms with Crippen LogP contribution in [0.3, 0.4) is 0 Å². The predicted octanol–water partition coefficient (Wildman–Crippen LogP) is 4.36. The SMILES string of the molecule is Cc1c([B]OC(C)(C)C(C)(C)P)cccc1-c1ccccc1. The summed E-state index contributed by atoms with van der Waals surface area (Å²) in [7, 11) is 4.76. The summed E-state index contributed by atoms with van der Waals surface area (Å²) < 4.78 is 6.11. The zero-order valence-electron chi connectivity index (χ0n) is 14.2. The van der Waals surface area contributed by atoms with Crippen LogP contribution in [-0.2, 0) is 4.65 Å². The van der Waals surface area contributed by atoms with Gasteiger partial charge in [-0.25, -0.2) is 0 Å². The Morgan fingerprint density at radius 1 is 0.909 bits per heavy atom. The van der Waals surface area contributed by atoms with Gasteiger partial charge in [-0.15, -0.1) is 9.24 Å². The highest BCUT2D eigenvalue weighted by Crippen LogP contribution is 2.33. The topological polar surface area (TPSA) is 9.23 Å². The minimum atomic E-state index is -0.257. The lowest BCUT2D eigenvalue weighted by molar-refractivity contribution is 0.0841. The third kappa shape index (κ3) is 3.80. The van der Waals surface area contributed by atoms with E-state index in [0.29, 0.717) is 0 Å². The molecular formula is C19H25BOP. The molecule has 0 saturated heterocycles. The number of benzene rings is 2. The van der Waals surface area contributed by atoms with E-state index in [1.54, 1.807) is 0 Å². The molecule has 0 aliphatic rings. The van der Waals surface area contributed by atoms with Gasteiger partial charge in [0.05, 0.1) is 5.60 Å². The van der Waals surface area contributed by atoms with Crippen molar-refractivity contribution in [1.82, 2.24) is 0 Å². The summed E-state index contributed by atoms with van der Waals surface area (Å²) in [5.74, 6) is 0. The van der Waals surface area contributed by atoms with Crippen LogP contribution in [0.25, 0.3) is 11.1 Å². The molecule has 0 N–H and O–H groups in total. The molecule has 115 valence electrons. The van der Waals surface area contributed by atoms with Gasteiger partial charge in [-0.3, -0.25) is 0 Å². The first-order chi connectivity index (χ1) is 10.2. The van der Waals surface area contributed by atoms with Crippen LogP contribution in [0, 0.1) is 6.92 Å². The second kappa shape index (κ2) is 6.56. The lowest BCUT2D eigenvalue weighted by Gasteiger charge is -2.39. The molecule has 0 spiro atoms. The van der Waals surface area contributed by atoms with Gasteiger partial charge in [0.25, 0.3) is 0 Å². The first-order valence-corrected chi connectivity index (χ1v) is 8.25. The molecule has 3 heteroatoms. The van der Waals surface area contributed by atoms with Crippen LogP contribution < -0.4 is 5.46 Å². The van der Waals surface area contributed by atoms with Crippen molar-refractivity contribution in [3.05, 3.63) is 54.1 Å². The molecule has 0 heterocycles. The normalized spacial score (nSPS) is 12.3. The molecular weight excluding hydrogens is 286 g/mol. The average molecular weight is 311 g/mol. The van der Waals surface area contributed by atoms with Crippen molar-refractivity contribution < 1.29 is 4.65 Å². The Bertz CT molecular complexity index is 630. The maximum atomic E-state index is 6.11. The summed E-state index contributed by atoms with van der Waals surface area (Å²) in [6, 6.07) is 16.8. The fourth-order valence-corrected chi connectivity index (χ4v) is 2.14. The van der Waals surface area contributed by atoms with E-state index in [0.717, 1.165) is 5.46 Å². The van der Waals surface area contributed by atoms with Crippen molar-refractivity contribution >= 4 is 22.2 Å². The first-order valence-electron chi connectivity index (χ1n) is 7.67. The molecule has 0 fully saturated rings. The molecule has 2 rings (SSSR count). The molecule has 1 atom stereocenters. The number of hydrogen-bond donors (Lipinski definition) is 0. The highest BCUT2D eigenvalue weighted by atomic mass is 31.0. The fourth-order valence-electron chi connectivity index (χ4n) is 2.07. The van der Waals surface area contributed by atoms with E-state index >= 15 is 0 Å². The van der Waals surface area contributed by atoms with Crippen LogP contribution in [0.4, 0.5) is 0 Å². The summed E-state index contributed by atoms with van der Waals surface area (Å²) in [5, 5.41) is -0.00551. The van der Waals surface area contributed by atoms with Crippen molar-refractivity contribution in [3.63, 3.8) is 0 Å². The van der Waals surface area contributed by atoms with Gasteiger partial charge < -0.3 is 4.65 Å². The monoisotopic (exact) mass is 311 g/mol. The van der Waals surface area contributed by atoms with Crippen LogP contribution in [0.5, 0.6) is 0 Å². The zero-order valence-corrected chi connectivity index (χ0v) is 15.3. The average Bonchev–Trinajstić information content (AvgIpc) is 2.46. The lowest BCUT2D eigenvalue weighted by Crippen LogP contribution is -2.45. The van der Waals surface area contributed by atoms with Crippen LogP contribution in [0.2, 0.25) is 0 Å². The van der Waals surface area contributed by atoms with Crippen molar-refractivity contribution in [2.24, 2.45) is 0 Å². The third-order valence-corrected chi connectivity index (χ3v) is 5.19. The predicted molar refractivity (Wildman–Crippen MR) is 101 cm³/mol. The second-order valence-electron chi connectivity index (χ2n) is 6.85. The van der Waals surface area contributed by atoms with Gasteiger partial charge in [-0.2, -0.15) is 0 Å². The van der Waals surface area contributed by atoms with Crippen LogP contribution in [0.15, 0.2) is 48.5 Å². The maximum absolute atomic E-state index is 6.11. The van der Waals surface area contributed by atoms with E-state index in [-0.39, 0.29) is 10.8 Å². The van der Waals surface area contributed by atoms with Gasteiger partial charge in [-0.05, 0) is 42.9 Å². The zero-order chi connectivity index (χ0) is 16.4. The minimum absolute atomic E-state index is 0.00551. The van der Waals surface area contributed by atoms with Gasteiger partial charge >= 0.3 is 7.48 Å². The molecule has 0 aliphatic heterocycles. The lowest BCUT2D eigenvalue weighted by atomic mass is 9.79. The van der Waals surface area contributed by atoms with Crippen LogP contribution >= 0.6 is 9.24 Å². The first kappa shape index (κ1) is 17.3. The van der Waals surface area contributed by atoms with Crippen LogP contribution in [0.1, 0.15) is 33.3 Å². The molecule has 1 radical (unpaired) electrons. The Morgan fingerprint density at radius 3 is 2.14 bits per heavy atom.